The SMILES string of the molecule is Cc1ccncc1-c1nc(N)c2c3c(sc2n1)CCCC3. The molecule has 0 amide bonds. The monoisotopic (exact) mass is 296 g/mol. The van der Waals surface area contributed by atoms with Gasteiger partial charge in [-0.2, -0.15) is 0 Å². The van der Waals surface area contributed by atoms with Gasteiger partial charge in [0.15, 0.2) is 5.82 Å². The molecule has 4 nitrogen and oxygen atoms in total. The minimum atomic E-state index is 0.609. The fourth-order valence-electron chi connectivity index (χ4n) is 3.00. The van der Waals surface area contributed by atoms with Crippen molar-refractivity contribution in [3.05, 3.63) is 34.5 Å². The van der Waals surface area contributed by atoms with Crippen molar-refractivity contribution in [2.75, 3.05) is 5.73 Å². The highest BCUT2D eigenvalue weighted by atomic mass is 32.1. The van der Waals surface area contributed by atoms with Crippen LogP contribution in [0.15, 0.2) is 18.5 Å². The summed E-state index contributed by atoms with van der Waals surface area (Å²) in [6, 6.07) is 1.97. The molecule has 0 unspecified atom stereocenters. The van der Waals surface area contributed by atoms with Gasteiger partial charge in [-0.1, -0.05) is 0 Å². The summed E-state index contributed by atoms with van der Waals surface area (Å²) in [7, 11) is 0. The summed E-state index contributed by atoms with van der Waals surface area (Å²) in [6.45, 7) is 2.04. The second-order valence-electron chi connectivity index (χ2n) is 5.51. The van der Waals surface area contributed by atoms with Gasteiger partial charge in [-0.25, -0.2) is 9.97 Å². The number of rotatable bonds is 1. The van der Waals surface area contributed by atoms with Crippen LogP contribution in [0.5, 0.6) is 0 Å². The molecule has 0 radical (unpaired) electrons. The van der Waals surface area contributed by atoms with Gasteiger partial charge < -0.3 is 5.73 Å². The smallest absolute Gasteiger partial charge is 0.164 e. The molecule has 3 aromatic heterocycles. The number of nitrogens with zero attached hydrogens (tertiary/aromatic N) is 3. The molecule has 0 fully saturated rings. The zero-order valence-electron chi connectivity index (χ0n) is 11.9. The average molecular weight is 296 g/mol. The fraction of sp³-hybridized carbons (Fsp3) is 0.312. The quantitative estimate of drug-likeness (QED) is 0.746. The zero-order valence-corrected chi connectivity index (χ0v) is 12.7. The number of thiophene rings is 1. The lowest BCUT2D eigenvalue weighted by Gasteiger charge is -2.11. The Morgan fingerprint density at radius 3 is 2.90 bits per heavy atom. The number of hydrogen-bond acceptors (Lipinski definition) is 5. The van der Waals surface area contributed by atoms with Crippen molar-refractivity contribution >= 4 is 27.4 Å². The Labute approximate surface area is 127 Å². The van der Waals surface area contributed by atoms with Gasteiger partial charge in [0.1, 0.15) is 10.6 Å². The van der Waals surface area contributed by atoms with Crippen molar-refractivity contribution in [3.8, 4) is 11.4 Å². The van der Waals surface area contributed by atoms with E-state index < -0.39 is 0 Å². The molecule has 1 aliphatic carbocycles. The van der Waals surface area contributed by atoms with Crippen molar-refractivity contribution in [2.24, 2.45) is 0 Å². The Bertz CT molecular complexity index is 838. The van der Waals surface area contributed by atoms with E-state index in [0.717, 1.165) is 34.2 Å². The van der Waals surface area contributed by atoms with Gasteiger partial charge in [0.25, 0.3) is 0 Å². The van der Waals surface area contributed by atoms with Gasteiger partial charge in [0.2, 0.25) is 0 Å². The highest BCUT2D eigenvalue weighted by Crippen LogP contribution is 2.38. The predicted molar refractivity (Wildman–Crippen MR) is 86.4 cm³/mol. The van der Waals surface area contributed by atoms with E-state index in [1.165, 1.54) is 23.3 Å². The first-order valence-electron chi connectivity index (χ1n) is 7.23. The van der Waals surface area contributed by atoms with Crippen LogP contribution in [-0.4, -0.2) is 15.0 Å². The van der Waals surface area contributed by atoms with E-state index in [0.29, 0.717) is 11.6 Å². The normalized spacial score (nSPS) is 14.3. The van der Waals surface area contributed by atoms with E-state index in [1.807, 2.05) is 19.2 Å². The maximum atomic E-state index is 6.25. The van der Waals surface area contributed by atoms with Crippen LogP contribution in [0.2, 0.25) is 0 Å². The van der Waals surface area contributed by atoms with Gasteiger partial charge in [0, 0.05) is 22.8 Å². The van der Waals surface area contributed by atoms with E-state index in [-0.39, 0.29) is 0 Å². The van der Waals surface area contributed by atoms with Gasteiger partial charge in [-0.15, -0.1) is 11.3 Å². The Balaban J connectivity index is 1.96. The summed E-state index contributed by atoms with van der Waals surface area (Å²) in [5, 5.41) is 1.08. The molecular weight excluding hydrogens is 280 g/mol. The minimum absolute atomic E-state index is 0.609. The summed E-state index contributed by atoms with van der Waals surface area (Å²) in [5.41, 5.74) is 9.70. The van der Waals surface area contributed by atoms with Crippen LogP contribution in [0.4, 0.5) is 5.82 Å². The number of aromatic nitrogens is 3. The van der Waals surface area contributed by atoms with Crippen LogP contribution in [0, 0.1) is 6.92 Å². The van der Waals surface area contributed by atoms with E-state index in [1.54, 1.807) is 17.5 Å². The first-order chi connectivity index (χ1) is 10.2. The summed E-state index contributed by atoms with van der Waals surface area (Å²) >= 11 is 1.78. The number of pyridine rings is 1. The number of hydrogen-bond donors (Lipinski definition) is 1. The molecule has 3 aromatic rings. The highest BCUT2D eigenvalue weighted by Gasteiger charge is 2.20. The molecule has 0 atom stereocenters. The fourth-order valence-corrected chi connectivity index (χ4v) is 4.27. The number of aryl methyl sites for hydroxylation is 3. The molecule has 0 aromatic carbocycles. The van der Waals surface area contributed by atoms with Gasteiger partial charge >= 0.3 is 0 Å². The second kappa shape index (κ2) is 4.77. The van der Waals surface area contributed by atoms with Crippen LogP contribution >= 0.6 is 11.3 Å². The molecule has 0 aliphatic heterocycles. The Hall–Kier alpha value is -2.01. The Morgan fingerprint density at radius 2 is 2.05 bits per heavy atom. The molecule has 5 heteroatoms. The molecule has 2 N–H and O–H groups in total. The van der Waals surface area contributed by atoms with Crippen molar-refractivity contribution in [1.82, 2.24) is 15.0 Å². The number of nitrogens with two attached hydrogens (primary N) is 1. The van der Waals surface area contributed by atoms with Crippen molar-refractivity contribution in [1.29, 1.82) is 0 Å². The maximum Gasteiger partial charge on any atom is 0.164 e. The number of anilines is 1. The van der Waals surface area contributed by atoms with Crippen molar-refractivity contribution in [3.63, 3.8) is 0 Å². The lowest BCUT2D eigenvalue weighted by atomic mass is 9.97. The van der Waals surface area contributed by atoms with Crippen LogP contribution in [0.1, 0.15) is 28.8 Å². The van der Waals surface area contributed by atoms with Gasteiger partial charge in [-0.05, 0) is 49.8 Å². The standard InChI is InChI=1S/C16H16N4S/c1-9-6-7-18-8-11(9)15-19-14(17)13-10-4-2-3-5-12(10)21-16(13)20-15/h6-8H,2-5H2,1H3,(H2,17,19,20). The number of fused-ring (bicyclic) bond motifs is 3. The topological polar surface area (TPSA) is 64.7 Å². The molecule has 4 rings (SSSR count). The van der Waals surface area contributed by atoms with E-state index in [2.05, 4.69) is 9.97 Å². The third-order valence-electron chi connectivity index (χ3n) is 4.12. The van der Waals surface area contributed by atoms with Crippen molar-refractivity contribution in [2.45, 2.75) is 32.6 Å². The third-order valence-corrected chi connectivity index (χ3v) is 5.31. The summed E-state index contributed by atoms with van der Waals surface area (Å²) in [5.74, 6) is 1.29. The highest BCUT2D eigenvalue weighted by molar-refractivity contribution is 7.19. The Kier molecular flexibility index (Phi) is 2.89. The first-order valence-corrected chi connectivity index (χ1v) is 8.04. The van der Waals surface area contributed by atoms with Crippen LogP contribution in [-0.2, 0) is 12.8 Å². The predicted octanol–water partition coefficient (Wildman–Crippen LogP) is 3.52. The first kappa shape index (κ1) is 12.7. The Morgan fingerprint density at radius 1 is 1.19 bits per heavy atom. The van der Waals surface area contributed by atoms with Crippen LogP contribution < -0.4 is 5.73 Å². The second-order valence-corrected chi connectivity index (χ2v) is 6.60. The van der Waals surface area contributed by atoms with E-state index in [9.17, 15) is 0 Å². The average Bonchev–Trinajstić information content (AvgIpc) is 2.86. The molecule has 106 valence electrons. The molecule has 0 saturated heterocycles. The zero-order chi connectivity index (χ0) is 14.4. The van der Waals surface area contributed by atoms with Crippen molar-refractivity contribution < 1.29 is 0 Å². The lowest BCUT2D eigenvalue weighted by Crippen LogP contribution is -2.02. The van der Waals surface area contributed by atoms with Crippen LogP contribution in [0.25, 0.3) is 21.6 Å². The largest absolute Gasteiger partial charge is 0.383 e. The van der Waals surface area contributed by atoms with E-state index in [4.69, 9.17) is 10.7 Å². The molecule has 0 spiro atoms. The van der Waals surface area contributed by atoms with Gasteiger partial charge in [-0.3, -0.25) is 4.98 Å². The van der Waals surface area contributed by atoms with E-state index >= 15 is 0 Å². The molecule has 0 bridgehead atoms. The number of nitrogen functional groups attached to an aromatic ring is 1. The summed E-state index contributed by atoms with van der Waals surface area (Å²) in [6.07, 6.45) is 8.35. The molecule has 0 saturated carbocycles. The molecule has 21 heavy (non-hydrogen) atoms. The van der Waals surface area contributed by atoms with Crippen LogP contribution in [0.3, 0.4) is 0 Å². The summed E-state index contributed by atoms with van der Waals surface area (Å²) in [4.78, 5) is 15.9. The third kappa shape index (κ3) is 2.00. The minimum Gasteiger partial charge on any atom is -0.383 e. The molecule has 1 aliphatic rings. The molecular formula is C16H16N4S. The maximum absolute atomic E-state index is 6.25. The van der Waals surface area contributed by atoms with Gasteiger partial charge in [0.05, 0.1) is 5.39 Å². The lowest BCUT2D eigenvalue weighted by molar-refractivity contribution is 0.700. The summed E-state index contributed by atoms with van der Waals surface area (Å²) < 4.78 is 0. The molecule has 3 heterocycles.